The second kappa shape index (κ2) is 6.55. The average molecular weight is 248 g/mol. The highest BCUT2D eigenvalue weighted by Gasteiger charge is 2.26. The van der Waals surface area contributed by atoms with Gasteiger partial charge < -0.3 is 9.84 Å². The van der Waals surface area contributed by atoms with Crippen LogP contribution in [0.4, 0.5) is 0 Å². The standard InChI is InChI=1S/C15H20O3/c16-10-12-6-8-14(9-7-12)15(17)18-11-13-4-2-1-3-5-13/h1-5,12,14,16H,6-11H2. The van der Waals surface area contributed by atoms with E-state index in [0.717, 1.165) is 31.2 Å². The normalized spacial score (nSPS) is 23.6. The molecular formula is C15H20O3. The number of esters is 1. The second-order valence-corrected chi connectivity index (χ2v) is 4.99. The first-order chi connectivity index (χ1) is 8.79. The Kier molecular flexibility index (Phi) is 4.76. The van der Waals surface area contributed by atoms with Gasteiger partial charge in [-0.1, -0.05) is 30.3 Å². The lowest BCUT2D eigenvalue weighted by Crippen LogP contribution is -2.24. The Morgan fingerprint density at radius 1 is 1.17 bits per heavy atom. The third-order valence-electron chi connectivity index (χ3n) is 3.66. The first-order valence-electron chi connectivity index (χ1n) is 6.61. The number of ether oxygens (including phenoxy) is 1. The molecule has 1 aromatic rings. The third-order valence-corrected chi connectivity index (χ3v) is 3.66. The van der Waals surface area contributed by atoms with Gasteiger partial charge >= 0.3 is 5.97 Å². The van der Waals surface area contributed by atoms with Gasteiger partial charge in [0.2, 0.25) is 0 Å². The first-order valence-corrected chi connectivity index (χ1v) is 6.61. The van der Waals surface area contributed by atoms with E-state index in [-0.39, 0.29) is 18.5 Å². The molecule has 1 fully saturated rings. The predicted octanol–water partition coefficient (Wildman–Crippen LogP) is 2.53. The molecule has 0 saturated heterocycles. The Bertz CT molecular complexity index is 367. The van der Waals surface area contributed by atoms with E-state index in [1.54, 1.807) is 0 Å². The summed E-state index contributed by atoms with van der Waals surface area (Å²) in [4.78, 5) is 11.9. The minimum absolute atomic E-state index is 0.0245. The summed E-state index contributed by atoms with van der Waals surface area (Å²) in [5, 5.41) is 9.05. The highest BCUT2D eigenvalue weighted by atomic mass is 16.5. The number of aliphatic hydroxyl groups excluding tert-OH is 1. The highest BCUT2D eigenvalue weighted by Crippen LogP contribution is 2.29. The minimum Gasteiger partial charge on any atom is -0.461 e. The summed E-state index contributed by atoms with van der Waals surface area (Å²) in [5.41, 5.74) is 1.02. The molecule has 1 aromatic carbocycles. The van der Waals surface area contributed by atoms with E-state index in [1.165, 1.54) is 0 Å². The zero-order chi connectivity index (χ0) is 12.8. The molecule has 98 valence electrons. The molecule has 0 radical (unpaired) electrons. The van der Waals surface area contributed by atoms with Gasteiger partial charge in [0.15, 0.2) is 0 Å². The van der Waals surface area contributed by atoms with Crippen LogP contribution in [0.3, 0.4) is 0 Å². The van der Waals surface area contributed by atoms with E-state index in [2.05, 4.69) is 0 Å². The molecule has 1 aliphatic carbocycles. The Hall–Kier alpha value is -1.35. The molecule has 18 heavy (non-hydrogen) atoms. The predicted molar refractivity (Wildman–Crippen MR) is 68.8 cm³/mol. The smallest absolute Gasteiger partial charge is 0.309 e. The van der Waals surface area contributed by atoms with Gasteiger partial charge in [0, 0.05) is 6.61 Å². The number of benzene rings is 1. The summed E-state index contributed by atoms with van der Waals surface area (Å²) < 4.78 is 5.33. The summed E-state index contributed by atoms with van der Waals surface area (Å²) >= 11 is 0. The van der Waals surface area contributed by atoms with E-state index in [0.29, 0.717) is 12.5 Å². The van der Waals surface area contributed by atoms with Gasteiger partial charge in [0.1, 0.15) is 6.61 Å². The van der Waals surface area contributed by atoms with Gasteiger partial charge in [-0.3, -0.25) is 4.79 Å². The van der Waals surface area contributed by atoms with Gasteiger partial charge in [-0.2, -0.15) is 0 Å². The molecule has 0 spiro atoms. The van der Waals surface area contributed by atoms with Crippen molar-refractivity contribution < 1.29 is 14.6 Å². The lowest BCUT2D eigenvalue weighted by atomic mass is 9.82. The van der Waals surface area contributed by atoms with Crippen LogP contribution < -0.4 is 0 Å². The largest absolute Gasteiger partial charge is 0.461 e. The second-order valence-electron chi connectivity index (χ2n) is 4.99. The first kappa shape index (κ1) is 13.1. The molecule has 0 unspecified atom stereocenters. The van der Waals surface area contributed by atoms with Crippen LogP contribution in [-0.4, -0.2) is 17.7 Å². The van der Waals surface area contributed by atoms with Crippen LogP contribution in [0.1, 0.15) is 31.2 Å². The molecule has 0 amide bonds. The zero-order valence-electron chi connectivity index (χ0n) is 10.5. The highest BCUT2D eigenvalue weighted by molar-refractivity contribution is 5.72. The fourth-order valence-electron chi connectivity index (χ4n) is 2.43. The SMILES string of the molecule is O=C(OCc1ccccc1)C1CCC(CO)CC1. The molecule has 3 nitrogen and oxygen atoms in total. The molecule has 0 heterocycles. The number of hydrogen-bond acceptors (Lipinski definition) is 3. The lowest BCUT2D eigenvalue weighted by molar-refractivity contribution is -0.151. The summed E-state index contributed by atoms with van der Waals surface area (Å²) in [6.45, 7) is 0.603. The Morgan fingerprint density at radius 3 is 2.44 bits per heavy atom. The van der Waals surface area contributed by atoms with E-state index in [9.17, 15) is 4.79 Å². The van der Waals surface area contributed by atoms with E-state index in [1.807, 2.05) is 30.3 Å². The molecule has 1 saturated carbocycles. The van der Waals surface area contributed by atoms with Gasteiger partial charge in [0.05, 0.1) is 5.92 Å². The number of carbonyl (C=O) groups excluding carboxylic acids is 1. The summed E-state index contributed by atoms with van der Waals surface area (Å²) in [7, 11) is 0. The van der Waals surface area contributed by atoms with Gasteiger partial charge in [-0.05, 0) is 37.2 Å². The van der Waals surface area contributed by atoms with Gasteiger partial charge in [-0.15, -0.1) is 0 Å². The average Bonchev–Trinajstić information content (AvgIpc) is 2.46. The van der Waals surface area contributed by atoms with Crippen molar-refractivity contribution in [3.63, 3.8) is 0 Å². The van der Waals surface area contributed by atoms with Crippen molar-refractivity contribution in [2.75, 3.05) is 6.61 Å². The van der Waals surface area contributed by atoms with E-state index >= 15 is 0 Å². The summed E-state index contributed by atoms with van der Waals surface area (Å²) in [6, 6.07) is 9.73. The van der Waals surface area contributed by atoms with Crippen LogP contribution >= 0.6 is 0 Å². The molecule has 1 N–H and O–H groups in total. The van der Waals surface area contributed by atoms with E-state index in [4.69, 9.17) is 9.84 Å². The molecule has 3 heteroatoms. The maximum absolute atomic E-state index is 11.9. The van der Waals surface area contributed by atoms with Crippen molar-refractivity contribution in [2.24, 2.45) is 11.8 Å². The number of aliphatic hydroxyl groups is 1. The van der Waals surface area contributed by atoms with Gasteiger partial charge in [-0.25, -0.2) is 0 Å². The summed E-state index contributed by atoms with van der Waals surface area (Å²) in [5.74, 6) is 0.315. The maximum atomic E-state index is 11.9. The molecular weight excluding hydrogens is 228 g/mol. The number of carbonyl (C=O) groups is 1. The van der Waals surface area contributed by atoms with Crippen molar-refractivity contribution in [2.45, 2.75) is 32.3 Å². The Balaban J connectivity index is 1.75. The molecule has 0 aromatic heterocycles. The molecule has 0 atom stereocenters. The van der Waals surface area contributed by atoms with Crippen LogP contribution in [0, 0.1) is 11.8 Å². The van der Waals surface area contributed by atoms with Gasteiger partial charge in [0.25, 0.3) is 0 Å². The fraction of sp³-hybridized carbons (Fsp3) is 0.533. The topological polar surface area (TPSA) is 46.5 Å². The number of hydrogen-bond donors (Lipinski definition) is 1. The lowest BCUT2D eigenvalue weighted by Gasteiger charge is -2.25. The molecule has 0 bridgehead atoms. The van der Waals surface area contributed by atoms with E-state index < -0.39 is 0 Å². The van der Waals surface area contributed by atoms with Crippen LogP contribution in [0.25, 0.3) is 0 Å². The number of rotatable bonds is 4. The molecule has 0 aliphatic heterocycles. The maximum Gasteiger partial charge on any atom is 0.309 e. The van der Waals surface area contributed by atoms with Crippen LogP contribution in [0.5, 0.6) is 0 Å². The Morgan fingerprint density at radius 2 is 1.83 bits per heavy atom. The van der Waals surface area contributed by atoms with Crippen molar-refractivity contribution in [1.29, 1.82) is 0 Å². The zero-order valence-corrected chi connectivity index (χ0v) is 10.5. The molecule has 2 rings (SSSR count). The van der Waals surface area contributed by atoms with Crippen LogP contribution in [-0.2, 0) is 16.1 Å². The summed E-state index contributed by atoms with van der Waals surface area (Å²) in [6.07, 6.45) is 3.56. The Labute approximate surface area is 108 Å². The monoisotopic (exact) mass is 248 g/mol. The van der Waals surface area contributed by atoms with Crippen LogP contribution in [0.2, 0.25) is 0 Å². The fourth-order valence-corrected chi connectivity index (χ4v) is 2.43. The van der Waals surface area contributed by atoms with Crippen molar-refractivity contribution in [3.8, 4) is 0 Å². The van der Waals surface area contributed by atoms with Crippen molar-refractivity contribution in [3.05, 3.63) is 35.9 Å². The minimum atomic E-state index is -0.0877. The molecule has 1 aliphatic rings. The van der Waals surface area contributed by atoms with Crippen molar-refractivity contribution in [1.82, 2.24) is 0 Å². The van der Waals surface area contributed by atoms with Crippen molar-refractivity contribution >= 4 is 5.97 Å². The quantitative estimate of drug-likeness (QED) is 0.833. The van der Waals surface area contributed by atoms with Crippen LogP contribution in [0.15, 0.2) is 30.3 Å². The third kappa shape index (κ3) is 3.57.